The molecule has 8 heteroatoms. The number of benzene rings is 3. The first-order chi connectivity index (χ1) is 18.6. The van der Waals surface area contributed by atoms with E-state index in [0.717, 1.165) is 22.4 Å². The highest BCUT2D eigenvalue weighted by molar-refractivity contribution is 5.82. The summed E-state index contributed by atoms with van der Waals surface area (Å²) in [5.41, 5.74) is 3.29. The van der Waals surface area contributed by atoms with Crippen LogP contribution in [0.2, 0.25) is 0 Å². The summed E-state index contributed by atoms with van der Waals surface area (Å²) in [5.74, 6) is 2.24. The largest absolute Gasteiger partial charge is 0.486 e. The lowest BCUT2D eigenvalue weighted by molar-refractivity contribution is -0.120. The van der Waals surface area contributed by atoms with Crippen molar-refractivity contribution >= 4 is 5.78 Å². The maximum Gasteiger partial charge on any atom is 0.351 e. The van der Waals surface area contributed by atoms with Gasteiger partial charge in [0.1, 0.15) is 25.6 Å². The molecule has 0 spiro atoms. The number of hydrogen-bond donors (Lipinski definition) is 0. The highest BCUT2D eigenvalue weighted by atomic mass is 16.6. The van der Waals surface area contributed by atoms with E-state index in [2.05, 4.69) is 4.98 Å². The number of ketones is 1. The molecule has 0 amide bonds. The number of rotatable bonds is 8. The molecule has 0 bridgehead atoms. The molecule has 2 aliphatic heterocycles. The molecule has 1 atom stereocenters. The molecule has 0 fully saturated rings. The fourth-order valence-electron chi connectivity index (χ4n) is 4.71. The van der Waals surface area contributed by atoms with Gasteiger partial charge < -0.3 is 18.9 Å². The lowest BCUT2D eigenvalue weighted by Gasteiger charge is -2.26. The fourth-order valence-corrected chi connectivity index (χ4v) is 4.71. The van der Waals surface area contributed by atoms with E-state index in [1.807, 2.05) is 72.8 Å². The summed E-state index contributed by atoms with van der Waals surface area (Å²) in [6, 6.07) is 24.5. The van der Waals surface area contributed by atoms with Crippen LogP contribution in [0.5, 0.6) is 23.1 Å². The van der Waals surface area contributed by atoms with Gasteiger partial charge in [-0.15, -0.1) is 0 Å². The number of Topliss-reactive ketones (excluding diaryl/α,β-unsaturated/α-hetero) is 1. The van der Waals surface area contributed by atoms with Gasteiger partial charge in [-0.05, 0) is 47.9 Å². The van der Waals surface area contributed by atoms with Crippen LogP contribution in [-0.4, -0.2) is 41.3 Å². The van der Waals surface area contributed by atoms with Crippen LogP contribution in [0.25, 0.3) is 11.3 Å². The maximum absolute atomic E-state index is 12.8. The van der Waals surface area contributed by atoms with Crippen molar-refractivity contribution in [2.45, 2.75) is 25.5 Å². The molecule has 6 rings (SSSR count). The smallest absolute Gasteiger partial charge is 0.351 e. The Morgan fingerprint density at radius 3 is 2.66 bits per heavy atom. The van der Waals surface area contributed by atoms with Crippen LogP contribution in [0.4, 0.5) is 0 Å². The molecular formula is C30H26N2O6. The minimum absolute atomic E-state index is 0.00304. The number of ether oxygens (including phenoxy) is 4. The molecule has 192 valence electrons. The van der Waals surface area contributed by atoms with Gasteiger partial charge in [-0.1, -0.05) is 42.5 Å². The van der Waals surface area contributed by atoms with Gasteiger partial charge in [0.05, 0.1) is 5.69 Å². The monoisotopic (exact) mass is 510 g/mol. The quantitative estimate of drug-likeness (QED) is 0.356. The Labute approximate surface area is 219 Å². The Hall–Kier alpha value is -4.59. The number of para-hydroxylation sites is 2. The highest BCUT2D eigenvalue weighted by Gasteiger charge is 2.23. The van der Waals surface area contributed by atoms with Crippen LogP contribution in [-0.2, 0) is 24.2 Å². The number of nitrogens with zero attached hydrogens (tertiary/aromatic N) is 2. The van der Waals surface area contributed by atoms with Gasteiger partial charge in [0, 0.05) is 24.6 Å². The second-order valence-corrected chi connectivity index (χ2v) is 9.28. The van der Waals surface area contributed by atoms with E-state index in [-0.39, 0.29) is 36.7 Å². The van der Waals surface area contributed by atoms with Crippen molar-refractivity contribution in [2.24, 2.45) is 0 Å². The van der Waals surface area contributed by atoms with E-state index in [4.69, 9.17) is 18.9 Å². The SMILES string of the molecule is O=C(COc1ccc2c(c1)CCn1c-2cc(OCC2COc3ccccc3O2)nc1=O)Cc1ccccc1. The second-order valence-electron chi connectivity index (χ2n) is 9.28. The summed E-state index contributed by atoms with van der Waals surface area (Å²) >= 11 is 0. The first kappa shape index (κ1) is 23.8. The topological polar surface area (TPSA) is 88.9 Å². The maximum atomic E-state index is 12.8. The second kappa shape index (κ2) is 10.4. The highest BCUT2D eigenvalue weighted by Crippen LogP contribution is 2.33. The number of fused-ring (bicyclic) bond motifs is 4. The van der Waals surface area contributed by atoms with Crippen molar-refractivity contribution in [3.8, 4) is 34.4 Å². The molecule has 1 unspecified atom stereocenters. The van der Waals surface area contributed by atoms with E-state index >= 15 is 0 Å². The van der Waals surface area contributed by atoms with Crippen molar-refractivity contribution in [3.63, 3.8) is 0 Å². The van der Waals surface area contributed by atoms with Crippen LogP contribution >= 0.6 is 0 Å². The average Bonchev–Trinajstić information content (AvgIpc) is 2.95. The summed E-state index contributed by atoms with van der Waals surface area (Å²) in [7, 11) is 0. The van der Waals surface area contributed by atoms with Crippen LogP contribution in [0.1, 0.15) is 11.1 Å². The number of carbonyl (C=O) groups is 1. The van der Waals surface area contributed by atoms with E-state index < -0.39 is 0 Å². The minimum atomic E-state index is -0.360. The van der Waals surface area contributed by atoms with Gasteiger partial charge in [0.2, 0.25) is 5.88 Å². The lowest BCUT2D eigenvalue weighted by atomic mass is 9.97. The van der Waals surface area contributed by atoms with Crippen molar-refractivity contribution in [2.75, 3.05) is 19.8 Å². The van der Waals surface area contributed by atoms with Crippen LogP contribution in [0, 0.1) is 0 Å². The molecule has 3 aromatic carbocycles. The average molecular weight is 511 g/mol. The zero-order chi connectivity index (χ0) is 25.9. The van der Waals surface area contributed by atoms with Gasteiger partial charge in [0.15, 0.2) is 23.4 Å². The summed E-state index contributed by atoms with van der Waals surface area (Å²) in [4.78, 5) is 29.2. The third-order valence-corrected chi connectivity index (χ3v) is 6.57. The molecule has 0 saturated carbocycles. The predicted molar refractivity (Wildman–Crippen MR) is 140 cm³/mol. The molecule has 1 aromatic heterocycles. The Morgan fingerprint density at radius 2 is 1.79 bits per heavy atom. The molecule has 2 aliphatic rings. The Bertz CT molecular complexity index is 1530. The fraction of sp³-hybridized carbons (Fsp3) is 0.233. The molecule has 3 heterocycles. The lowest BCUT2D eigenvalue weighted by Crippen LogP contribution is -2.35. The molecule has 0 N–H and O–H groups in total. The van der Waals surface area contributed by atoms with Gasteiger partial charge in [0.25, 0.3) is 0 Å². The number of aryl methyl sites for hydroxylation is 1. The van der Waals surface area contributed by atoms with E-state index in [1.54, 1.807) is 10.6 Å². The van der Waals surface area contributed by atoms with Crippen molar-refractivity contribution in [1.82, 2.24) is 9.55 Å². The van der Waals surface area contributed by atoms with Gasteiger partial charge >= 0.3 is 5.69 Å². The normalized spacial score (nSPS) is 15.2. The summed E-state index contributed by atoms with van der Waals surface area (Å²) in [6.07, 6.45) is 0.677. The van der Waals surface area contributed by atoms with Crippen molar-refractivity contribution in [3.05, 3.63) is 100 Å². The molecule has 0 radical (unpaired) electrons. The molecule has 8 nitrogen and oxygen atoms in total. The van der Waals surface area contributed by atoms with Gasteiger partial charge in [-0.25, -0.2) is 4.79 Å². The molecule has 4 aromatic rings. The number of carbonyl (C=O) groups excluding carboxylic acids is 1. The first-order valence-electron chi connectivity index (χ1n) is 12.6. The Kier molecular flexibility index (Phi) is 6.52. The van der Waals surface area contributed by atoms with E-state index in [9.17, 15) is 9.59 Å². The standard InChI is InChI=1S/C30H26N2O6/c33-22(14-20-6-2-1-3-7-20)17-35-23-10-11-25-21(15-23)12-13-32-26(25)16-29(31-30(32)34)37-19-24-18-36-27-8-4-5-9-28(27)38-24/h1-11,15-16,24H,12-14,17-19H2. The van der Waals surface area contributed by atoms with E-state index in [1.165, 1.54) is 0 Å². The van der Waals surface area contributed by atoms with E-state index in [0.29, 0.717) is 43.2 Å². The van der Waals surface area contributed by atoms with Crippen LogP contribution < -0.4 is 24.6 Å². The molecule has 0 aliphatic carbocycles. The number of aromatic nitrogens is 2. The molecular weight excluding hydrogens is 484 g/mol. The van der Waals surface area contributed by atoms with Crippen molar-refractivity contribution < 1.29 is 23.7 Å². The summed E-state index contributed by atoms with van der Waals surface area (Å²) in [6.45, 7) is 1.05. The zero-order valence-electron chi connectivity index (χ0n) is 20.7. The van der Waals surface area contributed by atoms with Gasteiger partial charge in [-0.2, -0.15) is 4.98 Å². The van der Waals surface area contributed by atoms with Crippen LogP contribution in [0.15, 0.2) is 83.7 Å². The third-order valence-electron chi connectivity index (χ3n) is 6.57. The molecule has 0 saturated heterocycles. The van der Waals surface area contributed by atoms with Crippen molar-refractivity contribution in [1.29, 1.82) is 0 Å². The Morgan fingerprint density at radius 1 is 0.974 bits per heavy atom. The third kappa shape index (κ3) is 5.11. The Balaban J connectivity index is 1.13. The summed E-state index contributed by atoms with van der Waals surface area (Å²) < 4.78 is 25.0. The summed E-state index contributed by atoms with van der Waals surface area (Å²) in [5, 5.41) is 0. The zero-order valence-corrected chi connectivity index (χ0v) is 20.7. The van der Waals surface area contributed by atoms with Crippen LogP contribution in [0.3, 0.4) is 0 Å². The number of hydrogen-bond acceptors (Lipinski definition) is 7. The minimum Gasteiger partial charge on any atom is -0.486 e. The first-order valence-corrected chi connectivity index (χ1v) is 12.6. The van der Waals surface area contributed by atoms with Gasteiger partial charge in [-0.3, -0.25) is 9.36 Å². The molecule has 38 heavy (non-hydrogen) atoms. The predicted octanol–water partition coefficient (Wildman–Crippen LogP) is 3.88.